The maximum absolute atomic E-state index is 4.58. The molecule has 96 valence electrons. The second-order valence-corrected chi connectivity index (χ2v) is 5.79. The Kier molecular flexibility index (Phi) is 3.87. The maximum atomic E-state index is 4.58. The van der Waals surface area contributed by atoms with Crippen LogP contribution in [0.5, 0.6) is 0 Å². The van der Waals surface area contributed by atoms with Crippen LogP contribution in [0.15, 0.2) is 6.07 Å². The molecule has 2 heterocycles. The molecular formula is C14H25N3. The Balaban J connectivity index is 2.00. The molecule has 1 saturated heterocycles. The fourth-order valence-corrected chi connectivity index (χ4v) is 2.87. The predicted octanol–water partition coefficient (Wildman–Crippen LogP) is 2.62. The van der Waals surface area contributed by atoms with Crippen LogP contribution in [0.1, 0.15) is 38.1 Å². The molecule has 3 nitrogen and oxygen atoms in total. The van der Waals surface area contributed by atoms with Gasteiger partial charge in [-0.3, -0.25) is 9.58 Å². The van der Waals surface area contributed by atoms with Crippen LogP contribution >= 0.6 is 0 Å². The monoisotopic (exact) mass is 235 g/mol. The third-order valence-electron chi connectivity index (χ3n) is 3.59. The molecule has 1 aromatic rings. The molecule has 1 aliphatic rings. The van der Waals surface area contributed by atoms with Gasteiger partial charge in [-0.05, 0) is 45.2 Å². The van der Waals surface area contributed by atoms with Gasteiger partial charge in [0.25, 0.3) is 0 Å². The Morgan fingerprint density at radius 3 is 2.76 bits per heavy atom. The van der Waals surface area contributed by atoms with Crippen LogP contribution in [0, 0.1) is 19.8 Å². The van der Waals surface area contributed by atoms with Gasteiger partial charge in [0, 0.05) is 18.3 Å². The van der Waals surface area contributed by atoms with E-state index in [1.807, 2.05) is 0 Å². The Hall–Kier alpha value is -0.830. The first-order valence-corrected chi connectivity index (χ1v) is 6.81. The summed E-state index contributed by atoms with van der Waals surface area (Å²) in [5, 5.41) is 4.58. The van der Waals surface area contributed by atoms with E-state index in [0.29, 0.717) is 6.04 Å². The molecule has 1 fully saturated rings. The zero-order chi connectivity index (χ0) is 12.4. The van der Waals surface area contributed by atoms with Crippen molar-refractivity contribution in [2.75, 3.05) is 13.1 Å². The van der Waals surface area contributed by atoms with E-state index in [1.165, 1.54) is 31.6 Å². The van der Waals surface area contributed by atoms with E-state index < -0.39 is 0 Å². The highest BCUT2D eigenvalue weighted by Crippen LogP contribution is 2.20. The standard InChI is InChI=1S/C14H25N3/c1-11(2)9-16-7-5-6-14(16)10-17-13(4)8-12(3)15-17/h8,11,14H,5-7,9-10H2,1-4H3/t14-/m0/s1. The van der Waals surface area contributed by atoms with Gasteiger partial charge in [0.2, 0.25) is 0 Å². The van der Waals surface area contributed by atoms with Crippen LogP contribution in [0.3, 0.4) is 0 Å². The molecule has 0 aliphatic carbocycles. The van der Waals surface area contributed by atoms with Gasteiger partial charge in [-0.25, -0.2) is 0 Å². The maximum Gasteiger partial charge on any atom is 0.0596 e. The largest absolute Gasteiger partial charge is 0.298 e. The predicted molar refractivity (Wildman–Crippen MR) is 71.1 cm³/mol. The van der Waals surface area contributed by atoms with Crippen LogP contribution in [-0.4, -0.2) is 33.8 Å². The van der Waals surface area contributed by atoms with Crippen molar-refractivity contribution in [3.05, 3.63) is 17.5 Å². The molecule has 0 spiro atoms. The molecule has 2 rings (SSSR count). The number of hydrogen-bond acceptors (Lipinski definition) is 2. The highest BCUT2D eigenvalue weighted by molar-refractivity contribution is 5.06. The van der Waals surface area contributed by atoms with Crippen molar-refractivity contribution < 1.29 is 0 Å². The van der Waals surface area contributed by atoms with Crippen molar-refractivity contribution in [1.29, 1.82) is 0 Å². The first kappa shape index (κ1) is 12.6. The number of rotatable bonds is 4. The van der Waals surface area contributed by atoms with Crippen molar-refractivity contribution in [3.8, 4) is 0 Å². The van der Waals surface area contributed by atoms with Gasteiger partial charge >= 0.3 is 0 Å². The van der Waals surface area contributed by atoms with Crippen LogP contribution < -0.4 is 0 Å². The topological polar surface area (TPSA) is 21.1 Å². The summed E-state index contributed by atoms with van der Waals surface area (Å²) in [5.41, 5.74) is 2.43. The van der Waals surface area contributed by atoms with E-state index in [2.05, 4.69) is 48.4 Å². The summed E-state index contributed by atoms with van der Waals surface area (Å²) in [5.74, 6) is 0.760. The number of aryl methyl sites for hydroxylation is 2. The number of aromatic nitrogens is 2. The van der Waals surface area contributed by atoms with Crippen LogP contribution in [0.4, 0.5) is 0 Å². The summed E-state index contributed by atoms with van der Waals surface area (Å²) < 4.78 is 2.18. The normalized spacial score (nSPS) is 21.6. The molecule has 0 bridgehead atoms. The molecule has 17 heavy (non-hydrogen) atoms. The average molecular weight is 235 g/mol. The summed E-state index contributed by atoms with van der Waals surface area (Å²) in [6.45, 7) is 12.4. The highest BCUT2D eigenvalue weighted by atomic mass is 15.3. The Morgan fingerprint density at radius 1 is 1.41 bits per heavy atom. The molecule has 1 atom stereocenters. The number of likely N-dealkylation sites (tertiary alicyclic amines) is 1. The van der Waals surface area contributed by atoms with E-state index >= 15 is 0 Å². The Bertz CT molecular complexity index is 368. The van der Waals surface area contributed by atoms with E-state index in [0.717, 1.165) is 18.2 Å². The van der Waals surface area contributed by atoms with Crippen LogP contribution in [0.25, 0.3) is 0 Å². The van der Waals surface area contributed by atoms with Gasteiger partial charge in [0.15, 0.2) is 0 Å². The molecule has 0 radical (unpaired) electrons. The lowest BCUT2D eigenvalue weighted by Gasteiger charge is -2.26. The SMILES string of the molecule is Cc1cc(C)n(C[C@@H]2CCCN2CC(C)C)n1. The summed E-state index contributed by atoms with van der Waals surface area (Å²) in [6, 6.07) is 2.86. The highest BCUT2D eigenvalue weighted by Gasteiger charge is 2.25. The van der Waals surface area contributed by atoms with Crippen molar-refractivity contribution in [3.63, 3.8) is 0 Å². The van der Waals surface area contributed by atoms with E-state index in [-0.39, 0.29) is 0 Å². The summed E-state index contributed by atoms with van der Waals surface area (Å²) in [6.07, 6.45) is 2.67. The molecular weight excluding hydrogens is 210 g/mol. The van der Waals surface area contributed by atoms with Gasteiger partial charge < -0.3 is 0 Å². The zero-order valence-corrected chi connectivity index (χ0v) is 11.6. The quantitative estimate of drug-likeness (QED) is 0.800. The van der Waals surface area contributed by atoms with E-state index in [4.69, 9.17) is 0 Å². The van der Waals surface area contributed by atoms with Crippen LogP contribution in [-0.2, 0) is 6.54 Å². The van der Waals surface area contributed by atoms with Gasteiger partial charge in [-0.15, -0.1) is 0 Å². The van der Waals surface area contributed by atoms with Crippen LogP contribution in [0.2, 0.25) is 0 Å². The molecule has 3 heteroatoms. The van der Waals surface area contributed by atoms with Crippen molar-refractivity contribution in [2.24, 2.45) is 5.92 Å². The Labute approximate surface area is 105 Å². The molecule has 0 N–H and O–H groups in total. The van der Waals surface area contributed by atoms with Gasteiger partial charge in [0.05, 0.1) is 12.2 Å². The third kappa shape index (κ3) is 3.09. The van der Waals surface area contributed by atoms with E-state index in [1.54, 1.807) is 0 Å². The van der Waals surface area contributed by atoms with Crippen molar-refractivity contribution >= 4 is 0 Å². The minimum atomic E-state index is 0.690. The molecule has 1 aromatic heterocycles. The summed E-state index contributed by atoms with van der Waals surface area (Å²) >= 11 is 0. The first-order valence-electron chi connectivity index (χ1n) is 6.81. The van der Waals surface area contributed by atoms with Crippen molar-refractivity contribution in [1.82, 2.24) is 14.7 Å². The van der Waals surface area contributed by atoms with Gasteiger partial charge in [-0.1, -0.05) is 13.8 Å². The lowest BCUT2D eigenvalue weighted by molar-refractivity contribution is 0.203. The first-order chi connectivity index (χ1) is 8.06. The Morgan fingerprint density at radius 2 is 2.18 bits per heavy atom. The fourth-order valence-electron chi connectivity index (χ4n) is 2.87. The molecule has 1 aliphatic heterocycles. The van der Waals surface area contributed by atoms with Gasteiger partial charge in [0.1, 0.15) is 0 Å². The molecule has 0 unspecified atom stereocenters. The average Bonchev–Trinajstić information content (AvgIpc) is 2.75. The van der Waals surface area contributed by atoms with E-state index in [9.17, 15) is 0 Å². The smallest absolute Gasteiger partial charge is 0.0596 e. The van der Waals surface area contributed by atoms with Crippen molar-refractivity contribution in [2.45, 2.75) is 53.1 Å². The lowest BCUT2D eigenvalue weighted by atomic mass is 10.1. The molecule has 0 saturated carbocycles. The fraction of sp³-hybridized carbons (Fsp3) is 0.786. The molecule has 0 amide bonds. The minimum Gasteiger partial charge on any atom is -0.298 e. The zero-order valence-electron chi connectivity index (χ0n) is 11.6. The second-order valence-electron chi connectivity index (χ2n) is 5.79. The number of nitrogens with zero attached hydrogens (tertiary/aromatic N) is 3. The molecule has 0 aromatic carbocycles. The summed E-state index contributed by atoms with van der Waals surface area (Å²) in [7, 11) is 0. The summed E-state index contributed by atoms with van der Waals surface area (Å²) in [4.78, 5) is 2.64. The third-order valence-corrected chi connectivity index (χ3v) is 3.59. The second kappa shape index (κ2) is 5.21. The number of hydrogen-bond donors (Lipinski definition) is 0. The lowest BCUT2D eigenvalue weighted by Crippen LogP contribution is -2.36. The van der Waals surface area contributed by atoms with Gasteiger partial charge in [-0.2, -0.15) is 5.10 Å². The minimum absolute atomic E-state index is 0.690.